The number of anilines is 4. The van der Waals surface area contributed by atoms with E-state index in [0.29, 0.717) is 5.95 Å². The smallest absolute Gasteiger partial charge is 0.255 e. The van der Waals surface area contributed by atoms with E-state index in [1.165, 1.54) is 10.5 Å². The topological polar surface area (TPSA) is 131 Å². The summed E-state index contributed by atoms with van der Waals surface area (Å²) in [5, 5.41) is 0. The van der Waals surface area contributed by atoms with Gasteiger partial charge in [0.15, 0.2) is 0 Å². The van der Waals surface area contributed by atoms with E-state index in [9.17, 15) is 0 Å². The Balaban J connectivity index is 2.01. The van der Waals surface area contributed by atoms with E-state index < -0.39 is 0 Å². The maximum atomic E-state index is 5.54. The van der Waals surface area contributed by atoms with Gasteiger partial charge in [0.1, 0.15) is 11.6 Å². The molecule has 0 aliphatic carbocycles. The normalized spacial score (nSPS) is 10.1. The van der Waals surface area contributed by atoms with Gasteiger partial charge in [0.2, 0.25) is 5.95 Å². The highest BCUT2D eigenvalue weighted by Crippen LogP contribution is 2.12. The Kier molecular flexibility index (Phi) is 3.60. The first kappa shape index (κ1) is 12.1. The monoisotopic (exact) mass is 265 g/mol. The molecular formula is C8H11N9S. The van der Waals surface area contributed by atoms with Crippen molar-refractivity contribution in [3.8, 4) is 0 Å². The van der Waals surface area contributed by atoms with E-state index in [1.54, 1.807) is 18.5 Å². The lowest BCUT2D eigenvalue weighted by Crippen LogP contribution is -2.36. The lowest BCUT2D eigenvalue weighted by molar-refractivity contribution is 0.828. The first-order valence-corrected chi connectivity index (χ1v) is 5.23. The number of nitrogens with two attached hydrogens (primary N) is 2. The molecule has 94 valence electrons. The van der Waals surface area contributed by atoms with Gasteiger partial charge in [0.05, 0.1) is 0 Å². The minimum absolute atomic E-state index is 0.194. The summed E-state index contributed by atoms with van der Waals surface area (Å²) in [5.41, 5.74) is 16.4. The van der Waals surface area contributed by atoms with Crippen LogP contribution in [0.15, 0.2) is 24.5 Å². The van der Waals surface area contributed by atoms with Gasteiger partial charge in [-0.05, 0) is 18.9 Å². The summed E-state index contributed by atoms with van der Waals surface area (Å²) in [4.78, 5) is 15.8. The number of rotatable bonds is 4. The summed E-state index contributed by atoms with van der Waals surface area (Å²) >= 11 is 4.11. The van der Waals surface area contributed by atoms with E-state index in [-0.39, 0.29) is 17.6 Å². The Bertz CT molecular complexity index is 499. The first-order chi connectivity index (χ1) is 8.65. The van der Waals surface area contributed by atoms with E-state index in [2.05, 4.69) is 43.7 Å². The Morgan fingerprint density at radius 1 is 1.11 bits per heavy atom. The van der Waals surface area contributed by atoms with E-state index in [0.717, 1.165) is 0 Å². The summed E-state index contributed by atoms with van der Waals surface area (Å²) in [7, 11) is 0. The highest BCUT2D eigenvalue weighted by Gasteiger charge is 2.07. The quantitative estimate of drug-likeness (QED) is 0.370. The zero-order valence-corrected chi connectivity index (χ0v) is 10.0. The maximum absolute atomic E-state index is 5.54. The Morgan fingerprint density at radius 2 is 1.72 bits per heavy atom. The largest absolute Gasteiger partial charge is 0.383 e. The van der Waals surface area contributed by atoms with Gasteiger partial charge >= 0.3 is 0 Å². The molecule has 2 aromatic heterocycles. The van der Waals surface area contributed by atoms with Crippen LogP contribution < -0.4 is 26.8 Å². The minimum Gasteiger partial charge on any atom is -0.383 e. The third-order valence-electron chi connectivity index (χ3n) is 1.78. The second kappa shape index (κ2) is 5.33. The first-order valence-electron chi connectivity index (χ1n) is 4.83. The van der Waals surface area contributed by atoms with Crippen molar-refractivity contribution in [3.05, 3.63) is 24.5 Å². The van der Waals surface area contributed by atoms with Gasteiger partial charge in [-0.1, -0.05) is 0 Å². The Labute approximate surface area is 108 Å². The van der Waals surface area contributed by atoms with Crippen LogP contribution in [0.3, 0.4) is 0 Å². The molecule has 2 heterocycles. The van der Waals surface area contributed by atoms with Crippen molar-refractivity contribution in [1.82, 2.24) is 25.5 Å². The molecule has 9 nitrogen and oxygen atoms in total. The molecule has 0 aromatic carbocycles. The van der Waals surface area contributed by atoms with Crippen molar-refractivity contribution in [2.24, 2.45) is 0 Å². The average Bonchev–Trinajstić information content (AvgIpc) is 2.36. The summed E-state index contributed by atoms with van der Waals surface area (Å²) in [5.74, 6) is 1.05. The molecule has 0 aliphatic rings. The van der Waals surface area contributed by atoms with Gasteiger partial charge in [-0.2, -0.15) is 9.97 Å². The number of nitrogens with zero attached hydrogens (tertiary/aromatic N) is 5. The second-order valence-corrected chi connectivity index (χ2v) is 3.54. The fourth-order valence-electron chi connectivity index (χ4n) is 1.08. The zero-order valence-electron chi connectivity index (χ0n) is 9.15. The van der Waals surface area contributed by atoms with Crippen LogP contribution in [-0.4, -0.2) is 19.9 Å². The number of nitrogen functional groups attached to an aromatic ring is 2. The molecule has 10 heteroatoms. The van der Waals surface area contributed by atoms with Crippen molar-refractivity contribution in [2.75, 3.05) is 21.3 Å². The number of aromatic nitrogens is 4. The van der Waals surface area contributed by atoms with Crippen molar-refractivity contribution < 1.29 is 0 Å². The zero-order chi connectivity index (χ0) is 13.0. The fraction of sp³-hybridized carbons (Fsp3) is 0. The van der Waals surface area contributed by atoms with Gasteiger partial charge in [-0.15, -0.1) is 5.53 Å². The molecule has 6 N–H and O–H groups in total. The number of hydrogen-bond acceptors (Lipinski definition) is 10. The molecule has 0 fully saturated rings. The highest BCUT2D eigenvalue weighted by molar-refractivity contribution is 7.81. The van der Waals surface area contributed by atoms with E-state index in [4.69, 9.17) is 11.5 Å². The van der Waals surface area contributed by atoms with E-state index >= 15 is 0 Å². The molecule has 0 unspecified atom stereocenters. The molecular weight excluding hydrogens is 254 g/mol. The van der Waals surface area contributed by atoms with Gasteiger partial charge in [0.25, 0.3) is 5.95 Å². The molecule has 2 aromatic rings. The average molecular weight is 265 g/mol. The number of nitrogens with one attached hydrogen (secondary N) is 2. The third kappa shape index (κ3) is 3.09. The van der Waals surface area contributed by atoms with Crippen molar-refractivity contribution in [2.45, 2.75) is 0 Å². The van der Waals surface area contributed by atoms with Crippen LogP contribution in [0.25, 0.3) is 0 Å². The number of hydrogen-bond donors (Lipinski definition) is 5. The van der Waals surface area contributed by atoms with Crippen molar-refractivity contribution >= 4 is 36.3 Å². The molecule has 0 atom stereocenters. The predicted molar refractivity (Wildman–Crippen MR) is 71.1 cm³/mol. The standard InChI is InChI=1S/C8H11N9S/c9-5-4-6(10)14-8(13-5)17(18)16-15-7-11-2-1-3-12-7/h1-4,16,18H,(H,11,12,15)(H4,9,10,13,14). The summed E-state index contributed by atoms with van der Waals surface area (Å²) < 4.78 is 1.20. The third-order valence-corrected chi connectivity index (χ3v) is 2.06. The maximum Gasteiger partial charge on any atom is 0.255 e. The van der Waals surface area contributed by atoms with Gasteiger partial charge in [-0.3, -0.25) is 5.43 Å². The molecule has 18 heavy (non-hydrogen) atoms. The molecule has 0 saturated heterocycles. The molecule has 0 bridgehead atoms. The fourth-order valence-corrected chi connectivity index (χ4v) is 1.22. The summed E-state index contributed by atoms with van der Waals surface area (Å²) in [6, 6.07) is 3.14. The molecule has 0 radical (unpaired) electrons. The minimum atomic E-state index is 0.194. The lowest BCUT2D eigenvalue weighted by atomic mass is 10.5. The van der Waals surface area contributed by atoms with Gasteiger partial charge in [-0.25, -0.2) is 14.4 Å². The molecule has 2 rings (SSSR count). The van der Waals surface area contributed by atoms with Crippen molar-refractivity contribution in [3.63, 3.8) is 0 Å². The molecule has 0 aliphatic heterocycles. The molecule has 0 spiro atoms. The molecule has 0 amide bonds. The van der Waals surface area contributed by atoms with Crippen LogP contribution in [0, 0.1) is 0 Å². The van der Waals surface area contributed by atoms with Crippen LogP contribution in [-0.2, 0) is 0 Å². The lowest BCUT2D eigenvalue weighted by Gasteiger charge is -2.17. The number of hydrazine groups is 2. The second-order valence-electron chi connectivity index (χ2n) is 3.14. The van der Waals surface area contributed by atoms with Crippen LogP contribution >= 0.6 is 12.8 Å². The van der Waals surface area contributed by atoms with Gasteiger partial charge < -0.3 is 11.5 Å². The van der Waals surface area contributed by atoms with Crippen LogP contribution in [0.1, 0.15) is 0 Å². The Morgan fingerprint density at radius 3 is 2.33 bits per heavy atom. The summed E-state index contributed by atoms with van der Waals surface area (Å²) in [6.07, 6.45) is 3.18. The predicted octanol–water partition coefficient (Wildman–Crippen LogP) is -0.386. The van der Waals surface area contributed by atoms with Gasteiger partial charge in [0, 0.05) is 18.5 Å². The molecule has 0 saturated carbocycles. The van der Waals surface area contributed by atoms with Crippen LogP contribution in [0.5, 0.6) is 0 Å². The summed E-state index contributed by atoms with van der Waals surface area (Å²) in [6.45, 7) is 0. The highest BCUT2D eigenvalue weighted by atomic mass is 32.1. The number of thiol groups is 1. The SMILES string of the molecule is Nc1cc(N)nc(N(S)NNc2ncccn2)n1. The van der Waals surface area contributed by atoms with E-state index in [1.807, 2.05) is 0 Å². The van der Waals surface area contributed by atoms with Crippen LogP contribution in [0.4, 0.5) is 23.5 Å². The van der Waals surface area contributed by atoms with Crippen molar-refractivity contribution in [1.29, 1.82) is 0 Å². The Hall–Kier alpha value is -2.33. The van der Waals surface area contributed by atoms with Crippen LogP contribution in [0.2, 0.25) is 0 Å².